The fraction of sp³-hybridized carbons (Fsp3) is 0.889. The van der Waals surface area contributed by atoms with Crippen molar-refractivity contribution in [2.75, 3.05) is 0 Å². The lowest BCUT2D eigenvalue weighted by Gasteiger charge is -2.36. The van der Waals surface area contributed by atoms with Crippen molar-refractivity contribution < 1.29 is 0 Å². The normalized spacial score (nSPS) is 12.5. The molecule has 0 saturated carbocycles. The molecule has 1 N–H and O–H groups in total. The molecule has 2 heteroatoms. The summed E-state index contributed by atoms with van der Waals surface area (Å²) in [6, 6.07) is 2.12. The summed E-state index contributed by atoms with van der Waals surface area (Å²) >= 11 is 0. The zero-order valence-electron chi connectivity index (χ0n) is 8.15. The summed E-state index contributed by atoms with van der Waals surface area (Å²) in [5.74, 6) is 0. The summed E-state index contributed by atoms with van der Waals surface area (Å²) in [4.78, 5) is 4.02. The summed E-state index contributed by atoms with van der Waals surface area (Å²) < 4.78 is 0. The van der Waals surface area contributed by atoms with Gasteiger partial charge >= 0.3 is 0 Å². The predicted octanol–water partition coefficient (Wildman–Crippen LogP) is 2.95. The molecule has 0 spiro atoms. The molecular weight excluding hydrogens is 136 g/mol. The fourth-order valence-electron chi connectivity index (χ4n) is 0.724. The predicted molar refractivity (Wildman–Crippen MR) is 48.3 cm³/mol. The van der Waals surface area contributed by atoms with Crippen LogP contribution < -0.4 is 0 Å². The molecule has 0 unspecified atom stereocenters. The number of nitrogens with one attached hydrogen (secondary N) is 1. The van der Waals surface area contributed by atoms with Crippen molar-refractivity contribution in [3.63, 3.8) is 0 Å². The lowest BCUT2D eigenvalue weighted by Crippen LogP contribution is -2.36. The molecule has 64 valence electrons. The summed E-state index contributed by atoms with van der Waals surface area (Å²) in [5.41, 5.74) is -0.0372. The summed E-state index contributed by atoms with van der Waals surface area (Å²) in [7, 11) is 0. The largest absolute Gasteiger partial charge is 0.242 e. The number of nitrogens with zero attached hydrogens (tertiary/aromatic N) is 1. The molecule has 0 aromatic carbocycles. The van der Waals surface area contributed by atoms with E-state index in [0.29, 0.717) is 0 Å². The third-order valence-electron chi connectivity index (χ3n) is 2.88. The van der Waals surface area contributed by atoms with E-state index in [0.717, 1.165) is 6.42 Å². The van der Waals surface area contributed by atoms with E-state index in [1.807, 2.05) is 13.8 Å². The first-order valence-corrected chi connectivity index (χ1v) is 4.01. The molecule has 0 fully saturated rings. The molecule has 0 aromatic heterocycles. The molecule has 0 atom stereocenters. The van der Waals surface area contributed by atoms with Gasteiger partial charge in [0, 0.05) is 0 Å². The Labute approximate surface area is 69.2 Å². The maximum atomic E-state index is 6.80. The van der Waals surface area contributed by atoms with Crippen LogP contribution in [-0.4, -0.2) is 11.5 Å². The Hall–Kier alpha value is -0.620. The SMILES string of the molecule is CCC(C)(C)C(C)(C)N=C=N. The van der Waals surface area contributed by atoms with E-state index in [2.05, 4.69) is 31.8 Å². The van der Waals surface area contributed by atoms with Crippen LogP contribution in [0, 0.1) is 10.8 Å². The average molecular weight is 154 g/mol. The Morgan fingerprint density at radius 3 is 2.00 bits per heavy atom. The molecular formula is C9H18N2. The number of hydrogen-bond acceptors (Lipinski definition) is 2. The highest BCUT2D eigenvalue weighted by molar-refractivity contribution is 5.37. The molecule has 0 saturated heterocycles. The van der Waals surface area contributed by atoms with Crippen LogP contribution in [0.5, 0.6) is 0 Å². The highest BCUT2D eigenvalue weighted by Crippen LogP contribution is 2.36. The van der Waals surface area contributed by atoms with Crippen molar-refractivity contribution in [1.82, 2.24) is 0 Å². The van der Waals surface area contributed by atoms with Gasteiger partial charge in [-0.3, -0.25) is 0 Å². The first-order valence-electron chi connectivity index (χ1n) is 4.01. The molecule has 0 bridgehead atoms. The first kappa shape index (κ1) is 10.4. The third kappa shape index (κ3) is 2.16. The highest BCUT2D eigenvalue weighted by atomic mass is 14.9. The minimum Gasteiger partial charge on any atom is -0.242 e. The zero-order valence-corrected chi connectivity index (χ0v) is 8.15. The second-order valence-electron chi connectivity index (χ2n) is 4.02. The monoisotopic (exact) mass is 154 g/mol. The van der Waals surface area contributed by atoms with Crippen LogP contribution in [0.4, 0.5) is 0 Å². The van der Waals surface area contributed by atoms with Crippen LogP contribution in [-0.2, 0) is 0 Å². The van der Waals surface area contributed by atoms with Gasteiger partial charge in [0.15, 0.2) is 0 Å². The average Bonchev–Trinajstić information content (AvgIpc) is 1.87. The van der Waals surface area contributed by atoms with Crippen molar-refractivity contribution in [2.24, 2.45) is 10.4 Å². The zero-order chi connectivity index (χ0) is 9.12. The Morgan fingerprint density at radius 1 is 1.27 bits per heavy atom. The van der Waals surface area contributed by atoms with Gasteiger partial charge in [-0.1, -0.05) is 20.8 Å². The van der Waals surface area contributed by atoms with Gasteiger partial charge < -0.3 is 0 Å². The lowest BCUT2D eigenvalue weighted by atomic mass is 9.73. The van der Waals surface area contributed by atoms with Gasteiger partial charge in [-0.25, -0.2) is 10.4 Å². The molecule has 0 aliphatic rings. The number of rotatable bonds is 3. The molecule has 0 aliphatic heterocycles. The minimum atomic E-state index is -0.177. The van der Waals surface area contributed by atoms with E-state index in [9.17, 15) is 0 Å². The van der Waals surface area contributed by atoms with Crippen LogP contribution in [0.15, 0.2) is 4.99 Å². The van der Waals surface area contributed by atoms with Gasteiger partial charge in [0.2, 0.25) is 0 Å². The fourth-order valence-corrected chi connectivity index (χ4v) is 0.724. The minimum absolute atomic E-state index is 0.140. The third-order valence-corrected chi connectivity index (χ3v) is 2.88. The Kier molecular flexibility index (Phi) is 3.01. The van der Waals surface area contributed by atoms with Gasteiger partial charge in [0.05, 0.1) is 11.5 Å². The molecule has 0 amide bonds. The second-order valence-corrected chi connectivity index (χ2v) is 4.02. The molecule has 0 aromatic rings. The van der Waals surface area contributed by atoms with E-state index >= 15 is 0 Å². The molecule has 2 nitrogen and oxygen atoms in total. The molecule has 0 rings (SSSR count). The van der Waals surface area contributed by atoms with Crippen LogP contribution >= 0.6 is 0 Å². The summed E-state index contributed by atoms with van der Waals surface area (Å²) in [6.07, 6.45) is 1.06. The summed E-state index contributed by atoms with van der Waals surface area (Å²) in [6.45, 7) is 10.5. The van der Waals surface area contributed by atoms with E-state index in [1.165, 1.54) is 0 Å². The Bertz CT molecular complexity index is 174. The Balaban J connectivity index is 4.65. The second kappa shape index (κ2) is 3.19. The van der Waals surface area contributed by atoms with Crippen molar-refractivity contribution in [1.29, 1.82) is 5.41 Å². The maximum absolute atomic E-state index is 6.80. The van der Waals surface area contributed by atoms with Gasteiger partial charge in [0.25, 0.3) is 0 Å². The van der Waals surface area contributed by atoms with Crippen molar-refractivity contribution in [3.05, 3.63) is 0 Å². The smallest absolute Gasteiger partial charge is 0.0867 e. The molecule has 0 radical (unpaired) electrons. The maximum Gasteiger partial charge on any atom is 0.0867 e. The number of hydrogen-bond donors (Lipinski definition) is 1. The van der Waals surface area contributed by atoms with Crippen molar-refractivity contribution in [3.8, 4) is 0 Å². The number of aliphatic imine (C=N–C) groups is 1. The quantitative estimate of drug-likeness (QED) is 0.607. The van der Waals surface area contributed by atoms with E-state index in [4.69, 9.17) is 5.41 Å². The molecule has 11 heavy (non-hydrogen) atoms. The molecule has 0 heterocycles. The molecule has 0 aliphatic carbocycles. The topological polar surface area (TPSA) is 36.2 Å². The van der Waals surface area contributed by atoms with Crippen LogP contribution in [0.1, 0.15) is 41.0 Å². The van der Waals surface area contributed by atoms with E-state index in [1.54, 1.807) is 0 Å². The van der Waals surface area contributed by atoms with Crippen LogP contribution in [0.2, 0.25) is 0 Å². The van der Waals surface area contributed by atoms with Gasteiger partial charge in [-0.15, -0.1) is 0 Å². The van der Waals surface area contributed by atoms with Crippen molar-refractivity contribution >= 4 is 6.01 Å². The van der Waals surface area contributed by atoms with Gasteiger partial charge in [-0.05, 0) is 25.7 Å². The van der Waals surface area contributed by atoms with Crippen LogP contribution in [0.25, 0.3) is 0 Å². The summed E-state index contributed by atoms with van der Waals surface area (Å²) in [5, 5.41) is 6.80. The Morgan fingerprint density at radius 2 is 1.73 bits per heavy atom. The van der Waals surface area contributed by atoms with Crippen LogP contribution in [0.3, 0.4) is 0 Å². The first-order chi connectivity index (χ1) is 4.87. The van der Waals surface area contributed by atoms with Gasteiger partial charge in [-0.2, -0.15) is 0 Å². The lowest BCUT2D eigenvalue weighted by molar-refractivity contribution is 0.198. The van der Waals surface area contributed by atoms with E-state index < -0.39 is 0 Å². The standard InChI is InChI=1S/C9H18N2/c1-6-8(2,3)9(4,5)11-7-10/h10H,6H2,1-5H3. The van der Waals surface area contributed by atoms with Gasteiger partial charge in [0.1, 0.15) is 0 Å². The highest BCUT2D eigenvalue weighted by Gasteiger charge is 2.34. The van der Waals surface area contributed by atoms with Crippen molar-refractivity contribution in [2.45, 2.75) is 46.6 Å². The van der Waals surface area contributed by atoms with E-state index in [-0.39, 0.29) is 11.0 Å².